The zero-order valence-corrected chi connectivity index (χ0v) is 9.86. The molecule has 0 aliphatic heterocycles. The summed E-state index contributed by atoms with van der Waals surface area (Å²) in [6.07, 6.45) is 1.88. The third-order valence-electron chi connectivity index (χ3n) is 3.15. The normalized spacial score (nSPS) is 31.1. The highest BCUT2D eigenvalue weighted by Crippen LogP contribution is 2.35. The molecule has 0 heterocycles. The average molecular weight is 228 g/mol. The summed E-state index contributed by atoms with van der Waals surface area (Å²) in [5, 5.41) is 0. The molecule has 0 saturated heterocycles. The quantitative estimate of drug-likeness (QED) is 0.658. The first kappa shape index (κ1) is 13.1. The summed E-state index contributed by atoms with van der Waals surface area (Å²) in [7, 11) is 0. The van der Waals surface area contributed by atoms with Crippen LogP contribution in [0.5, 0.6) is 0 Å². The van der Waals surface area contributed by atoms with Crippen LogP contribution in [0, 0.1) is 5.92 Å². The molecular formula is C11H20N2O3. The van der Waals surface area contributed by atoms with E-state index in [2.05, 4.69) is 0 Å². The van der Waals surface area contributed by atoms with Gasteiger partial charge < -0.3 is 16.2 Å². The molecule has 1 saturated carbocycles. The summed E-state index contributed by atoms with van der Waals surface area (Å²) in [4.78, 5) is 23.6. The molecule has 0 aromatic carbocycles. The first-order valence-corrected chi connectivity index (χ1v) is 5.69. The summed E-state index contributed by atoms with van der Waals surface area (Å²) in [5.41, 5.74) is 10.4. The van der Waals surface area contributed by atoms with Crippen molar-refractivity contribution in [2.75, 3.05) is 6.61 Å². The zero-order valence-electron chi connectivity index (χ0n) is 9.86. The van der Waals surface area contributed by atoms with Crippen LogP contribution in [-0.4, -0.2) is 29.9 Å². The molecule has 0 aromatic rings. The van der Waals surface area contributed by atoms with Gasteiger partial charge in [0.15, 0.2) is 5.78 Å². The van der Waals surface area contributed by atoms with Crippen molar-refractivity contribution in [3.8, 4) is 0 Å². The topological polar surface area (TPSA) is 95.4 Å². The number of Topliss-reactive ketones (excluding diaryl/α,β-unsaturated/α-hetero) is 1. The van der Waals surface area contributed by atoms with E-state index in [0.717, 1.165) is 6.42 Å². The Balaban J connectivity index is 2.85. The van der Waals surface area contributed by atoms with Crippen molar-refractivity contribution in [1.82, 2.24) is 0 Å². The summed E-state index contributed by atoms with van der Waals surface area (Å²) < 4.78 is 4.93. The summed E-state index contributed by atoms with van der Waals surface area (Å²) in [5.74, 6) is -1.12. The molecule has 16 heavy (non-hydrogen) atoms. The van der Waals surface area contributed by atoms with Crippen LogP contribution in [0.15, 0.2) is 0 Å². The number of carbonyl (C=O) groups excluding carboxylic acids is 2. The second kappa shape index (κ2) is 4.93. The molecule has 1 aliphatic rings. The third-order valence-corrected chi connectivity index (χ3v) is 3.15. The van der Waals surface area contributed by atoms with Gasteiger partial charge in [-0.15, -0.1) is 0 Å². The van der Waals surface area contributed by atoms with Crippen molar-refractivity contribution >= 4 is 11.8 Å². The molecule has 0 aromatic heterocycles. The molecule has 4 N–H and O–H groups in total. The SMILES string of the molecule is CCOC(=O)C1(N)CCCC1C(=O)C(C)N. The van der Waals surface area contributed by atoms with Gasteiger partial charge >= 0.3 is 5.97 Å². The second-order valence-electron chi connectivity index (χ2n) is 4.40. The van der Waals surface area contributed by atoms with Crippen molar-refractivity contribution in [1.29, 1.82) is 0 Å². The van der Waals surface area contributed by atoms with Gasteiger partial charge in [-0.3, -0.25) is 9.59 Å². The molecule has 3 atom stereocenters. The molecule has 3 unspecified atom stereocenters. The molecule has 92 valence electrons. The predicted molar refractivity (Wildman–Crippen MR) is 59.5 cm³/mol. The largest absolute Gasteiger partial charge is 0.465 e. The van der Waals surface area contributed by atoms with E-state index >= 15 is 0 Å². The Bertz CT molecular complexity index is 291. The van der Waals surface area contributed by atoms with E-state index < -0.39 is 23.5 Å². The third kappa shape index (κ3) is 2.25. The van der Waals surface area contributed by atoms with Gasteiger partial charge in [0, 0.05) is 5.92 Å². The molecule has 0 bridgehead atoms. The minimum atomic E-state index is -1.17. The van der Waals surface area contributed by atoms with Crippen LogP contribution >= 0.6 is 0 Å². The molecule has 1 rings (SSSR count). The Labute approximate surface area is 95.5 Å². The minimum absolute atomic E-state index is 0.145. The lowest BCUT2D eigenvalue weighted by Gasteiger charge is -2.28. The second-order valence-corrected chi connectivity index (χ2v) is 4.40. The van der Waals surface area contributed by atoms with Gasteiger partial charge in [-0.2, -0.15) is 0 Å². The number of carbonyl (C=O) groups is 2. The summed E-state index contributed by atoms with van der Waals surface area (Å²) >= 11 is 0. The number of nitrogens with two attached hydrogens (primary N) is 2. The lowest BCUT2D eigenvalue weighted by molar-refractivity contribution is -0.153. The highest BCUT2D eigenvalue weighted by atomic mass is 16.5. The highest BCUT2D eigenvalue weighted by molar-refractivity contribution is 5.94. The molecule has 0 spiro atoms. The summed E-state index contributed by atoms with van der Waals surface area (Å²) in [6, 6.07) is -0.583. The maximum Gasteiger partial charge on any atom is 0.326 e. The fourth-order valence-electron chi connectivity index (χ4n) is 2.25. The lowest BCUT2D eigenvalue weighted by Crippen LogP contribution is -2.56. The Morgan fingerprint density at radius 2 is 2.19 bits per heavy atom. The fourth-order valence-corrected chi connectivity index (χ4v) is 2.25. The van der Waals surface area contributed by atoms with Gasteiger partial charge in [0.25, 0.3) is 0 Å². The molecule has 1 aliphatic carbocycles. The molecule has 0 amide bonds. The van der Waals surface area contributed by atoms with Gasteiger partial charge in [0.2, 0.25) is 0 Å². The fraction of sp³-hybridized carbons (Fsp3) is 0.818. The van der Waals surface area contributed by atoms with Crippen LogP contribution in [0.4, 0.5) is 0 Å². The van der Waals surface area contributed by atoms with Crippen molar-refractivity contribution in [3.05, 3.63) is 0 Å². The zero-order chi connectivity index (χ0) is 12.3. The standard InChI is InChI=1S/C11H20N2O3/c1-3-16-10(15)11(13)6-4-5-8(11)9(14)7(2)12/h7-8H,3-6,12-13H2,1-2H3. The Morgan fingerprint density at radius 3 is 2.69 bits per heavy atom. The average Bonchev–Trinajstić information content (AvgIpc) is 2.61. The van der Waals surface area contributed by atoms with Gasteiger partial charge in [-0.1, -0.05) is 6.42 Å². The van der Waals surface area contributed by atoms with Gasteiger partial charge in [0.1, 0.15) is 5.54 Å². The van der Waals surface area contributed by atoms with Crippen LogP contribution in [-0.2, 0) is 14.3 Å². The maximum atomic E-state index is 11.9. The van der Waals surface area contributed by atoms with Crippen molar-refractivity contribution < 1.29 is 14.3 Å². The predicted octanol–water partition coefficient (Wildman–Crippen LogP) is -0.0366. The van der Waals surface area contributed by atoms with E-state index in [9.17, 15) is 9.59 Å². The molecule has 5 nitrogen and oxygen atoms in total. The molecule has 0 radical (unpaired) electrons. The first-order valence-electron chi connectivity index (χ1n) is 5.69. The number of ketones is 1. The van der Waals surface area contributed by atoms with E-state index in [-0.39, 0.29) is 12.4 Å². The molecule has 5 heteroatoms. The number of rotatable bonds is 4. The first-order chi connectivity index (χ1) is 7.43. The van der Waals surface area contributed by atoms with Crippen LogP contribution in [0.2, 0.25) is 0 Å². The van der Waals surface area contributed by atoms with Gasteiger partial charge in [0.05, 0.1) is 12.6 Å². The van der Waals surface area contributed by atoms with Crippen LogP contribution < -0.4 is 11.5 Å². The van der Waals surface area contributed by atoms with Gasteiger partial charge in [-0.05, 0) is 26.7 Å². The minimum Gasteiger partial charge on any atom is -0.465 e. The maximum absolute atomic E-state index is 11.9. The van der Waals surface area contributed by atoms with E-state index in [1.54, 1.807) is 13.8 Å². The van der Waals surface area contributed by atoms with Gasteiger partial charge in [-0.25, -0.2) is 0 Å². The Morgan fingerprint density at radius 1 is 1.56 bits per heavy atom. The number of hydrogen-bond acceptors (Lipinski definition) is 5. The van der Waals surface area contributed by atoms with Crippen molar-refractivity contribution in [3.63, 3.8) is 0 Å². The number of hydrogen-bond donors (Lipinski definition) is 2. The van der Waals surface area contributed by atoms with Crippen LogP contribution in [0.25, 0.3) is 0 Å². The van der Waals surface area contributed by atoms with E-state index in [4.69, 9.17) is 16.2 Å². The number of ether oxygens (including phenoxy) is 1. The Hall–Kier alpha value is -0.940. The van der Waals surface area contributed by atoms with E-state index in [1.165, 1.54) is 0 Å². The van der Waals surface area contributed by atoms with Crippen LogP contribution in [0.1, 0.15) is 33.1 Å². The smallest absolute Gasteiger partial charge is 0.326 e. The van der Waals surface area contributed by atoms with E-state index in [0.29, 0.717) is 12.8 Å². The highest BCUT2D eigenvalue weighted by Gasteiger charge is 2.50. The summed E-state index contributed by atoms with van der Waals surface area (Å²) in [6.45, 7) is 3.61. The van der Waals surface area contributed by atoms with Crippen molar-refractivity contribution in [2.45, 2.75) is 44.7 Å². The van der Waals surface area contributed by atoms with E-state index in [1.807, 2.05) is 0 Å². The Kier molecular flexibility index (Phi) is 4.04. The number of esters is 1. The lowest BCUT2D eigenvalue weighted by atomic mass is 9.83. The monoisotopic (exact) mass is 228 g/mol. The molecule has 1 fully saturated rings. The molecular weight excluding hydrogens is 208 g/mol. The van der Waals surface area contributed by atoms with Crippen molar-refractivity contribution in [2.24, 2.45) is 17.4 Å². The van der Waals surface area contributed by atoms with Crippen LogP contribution in [0.3, 0.4) is 0 Å².